The molecule has 1 aromatic heterocycles. The van der Waals surface area contributed by atoms with E-state index in [2.05, 4.69) is 27.6 Å². The van der Waals surface area contributed by atoms with Crippen molar-refractivity contribution in [2.24, 2.45) is 4.99 Å². The molecule has 0 aliphatic rings. The van der Waals surface area contributed by atoms with E-state index in [1.54, 1.807) is 14.2 Å². The summed E-state index contributed by atoms with van der Waals surface area (Å²) in [5, 5.41) is 11.1. The Balaban J connectivity index is 1.57. The van der Waals surface area contributed by atoms with E-state index in [-0.39, 0.29) is 0 Å². The maximum Gasteiger partial charge on any atom is 0.191 e. The fourth-order valence-electron chi connectivity index (χ4n) is 3.04. The highest BCUT2D eigenvalue weighted by Crippen LogP contribution is 2.27. The Morgan fingerprint density at radius 2 is 1.80 bits per heavy atom. The summed E-state index contributed by atoms with van der Waals surface area (Å²) in [7, 11) is 3.29. The summed E-state index contributed by atoms with van der Waals surface area (Å²) in [4.78, 5) is 4.68. The zero-order valence-corrected chi connectivity index (χ0v) is 17.8. The van der Waals surface area contributed by atoms with Crippen LogP contribution in [0.15, 0.2) is 65.9 Å². The molecule has 7 heteroatoms. The smallest absolute Gasteiger partial charge is 0.191 e. The number of para-hydroxylation sites is 1. The van der Waals surface area contributed by atoms with Gasteiger partial charge in [-0.15, -0.1) is 0 Å². The van der Waals surface area contributed by atoms with Crippen LogP contribution in [0.5, 0.6) is 11.5 Å². The van der Waals surface area contributed by atoms with Crippen LogP contribution in [0.2, 0.25) is 0 Å². The van der Waals surface area contributed by atoms with Gasteiger partial charge in [-0.3, -0.25) is 0 Å². The summed E-state index contributed by atoms with van der Waals surface area (Å²) in [6.07, 6.45) is 4.70. The predicted octanol–water partition coefficient (Wildman–Crippen LogP) is 3.19. The largest absolute Gasteiger partial charge is 0.493 e. The fraction of sp³-hybridized carbons (Fsp3) is 0.304. The first kappa shape index (κ1) is 21.2. The quantitative estimate of drug-likeness (QED) is 0.421. The first-order valence-corrected chi connectivity index (χ1v) is 10.1. The average molecular weight is 408 g/mol. The van der Waals surface area contributed by atoms with Crippen LogP contribution in [0.1, 0.15) is 18.1 Å². The van der Waals surface area contributed by atoms with E-state index < -0.39 is 0 Å². The van der Waals surface area contributed by atoms with Gasteiger partial charge in [0.1, 0.15) is 0 Å². The number of ether oxygens (including phenoxy) is 2. The molecule has 0 bridgehead atoms. The van der Waals surface area contributed by atoms with Gasteiger partial charge >= 0.3 is 0 Å². The number of nitrogens with zero attached hydrogens (tertiary/aromatic N) is 3. The van der Waals surface area contributed by atoms with Crippen LogP contribution < -0.4 is 20.1 Å². The Labute approximate surface area is 177 Å². The molecule has 0 spiro atoms. The minimum Gasteiger partial charge on any atom is -0.493 e. The number of benzene rings is 2. The van der Waals surface area contributed by atoms with Crippen LogP contribution in [0.4, 0.5) is 0 Å². The van der Waals surface area contributed by atoms with Crippen molar-refractivity contribution in [3.05, 3.63) is 72.1 Å². The lowest BCUT2D eigenvalue weighted by molar-refractivity contribution is 0.354. The van der Waals surface area contributed by atoms with E-state index in [1.165, 1.54) is 5.56 Å². The Bertz CT molecular complexity index is 953. The van der Waals surface area contributed by atoms with Gasteiger partial charge in [-0.1, -0.05) is 24.3 Å². The molecule has 0 aliphatic heterocycles. The van der Waals surface area contributed by atoms with Gasteiger partial charge in [-0.2, -0.15) is 5.10 Å². The molecule has 0 radical (unpaired) electrons. The van der Waals surface area contributed by atoms with Gasteiger partial charge < -0.3 is 20.1 Å². The second-order valence-electron chi connectivity index (χ2n) is 6.69. The third-order valence-corrected chi connectivity index (χ3v) is 4.57. The van der Waals surface area contributed by atoms with Gasteiger partial charge in [0.15, 0.2) is 17.5 Å². The third-order valence-electron chi connectivity index (χ3n) is 4.57. The number of aromatic nitrogens is 2. The van der Waals surface area contributed by atoms with Gasteiger partial charge in [0.25, 0.3) is 0 Å². The van der Waals surface area contributed by atoms with Crippen molar-refractivity contribution in [3.63, 3.8) is 0 Å². The Kier molecular flexibility index (Phi) is 7.71. The molecular weight excluding hydrogens is 378 g/mol. The third kappa shape index (κ3) is 5.76. The molecule has 3 aromatic rings. The van der Waals surface area contributed by atoms with Crippen LogP contribution in [0.3, 0.4) is 0 Å². The number of hydrogen-bond acceptors (Lipinski definition) is 4. The Morgan fingerprint density at radius 1 is 1.00 bits per heavy atom. The molecule has 30 heavy (non-hydrogen) atoms. The SMILES string of the molecule is CCNC(=NCc1cnn(-c2ccccc2)c1)NCCc1ccc(OC)c(OC)c1. The van der Waals surface area contributed by atoms with Crippen molar-refractivity contribution < 1.29 is 9.47 Å². The molecule has 0 aliphatic carbocycles. The minimum atomic E-state index is 0.554. The molecule has 158 valence electrons. The lowest BCUT2D eigenvalue weighted by Gasteiger charge is -2.12. The normalized spacial score (nSPS) is 11.2. The predicted molar refractivity (Wildman–Crippen MR) is 120 cm³/mol. The molecule has 2 aromatic carbocycles. The van der Waals surface area contributed by atoms with Crippen LogP contribution in [-0.4, -0.2) is 43.0 Å². The van der Waals surface area contributed by atoms with Gasteiger partial charge in [-0.25, -0.2) is 9.67 Å². The standard InChI is InChI=1S/C23H29N5O2/c1-4-24-23(25-13-12-18-10-11-21(29-2)22(14-18)30-3)26-15-19-16-27-28(17-19)20-8-6-5-7-9-20/h5-11,14,16-17H,4,12-13,15H2,1-3H3,(H2,24,25,26). The Morgan fingerprint density at radius 3 is 2.53 bits per heavy atom. The van der Waals surface area contributed by atoms with E-state index in [1.807, 2.05) is 65.6 Å². The average Bonchev–Trinajstić information content (AvgIpc) is 3.27. The highest BCUT2D eigenvalue weighted by atomic mass is 16.5. The van der Waals surface area contributed by atoms with Crippen LogP contribution in [0.25, 0.3) is 5.69 Å². The van der Waals surface area contributed by atoms with Gasteiger partial charge in [0.2, 0.25) is 0 Å². The lowest BCUT2D eigenvalue weighted by Crippen LogP contribution is -2.38. The molecule has 0 saturated heterocycles. The zero-order valence-electron chi connectivity index (χ0n) is 17.8. The second-order valence-corrected chi connectivity index (χ2v) is 6.69. The van der Waals surface area contributed by atoms with E-state index in [0.29, 0.717) is 6.54 Å². The van der Waals surface area contributed by atoms with Crippen LogP contribution in [-0.2, 0) is 13.0 Å². The molecule has 0 unspecified atom stereocenters. The summed E-state index contributed by atoms with van der Waals surface area (Å²) in [5.41, 5.74) is 3.25. The van der Waals surface area contributed by atoms with Crippen molar-refractivity contribution >= 4 is 5.96 Å². The number of guanidine groups is 1. The van der Waals surface area contributed by atoms with Crippen LogP contribution >= 0.6 is 0 Å². The molecular formula is C23H29N5O2. The molecule has 2 N–H and O–H groups in total. The number of aliphatic imine (C=N–C) groups is 1. The first-order valence-electron chi connectivity index (χ1n) is 10.1. The molecule has 3 rings (SSSR count). The maximum atomic E-state index is 5.37. The summed E-state index contributed by atoms with van der Waals surface area (Å²) in [5.74, 6) is 2.26. The van der Waals surface area contributed by atoms with Crippen molar-refractivity contribution in [1.29, 1.82) is 0 Å². The summed E-state index contributed by atoms with van der Waals surface area (Å²) in [6.45, 7) is 4.16. The summed E-state index contributed by atoms with van der Waals surface area (Å²) < 4.78 is 12.5. The highest BCUT2D eigenvalue weighted by molar-refractivity contribution is 5.79. The van der Waals surface area contributed by atoms with Crippen molar-refractivity contribution in [2.75, 3.05) is 27.3 Å². The molecule has 0 amide bonds. The number of rotatable bonds is 9. The Hall–Kier alpha value is -3.48. The highest BCUT2D eigenvalue weighted by Gasteiger charge is 2.05. The van der Waals surface area contributed by atoms with Crippen LogP contribution in [0, 0.1) is 0 Å². The van der Waals surface area contributed by atoms with E-state index >= 15 is 0 Å². The van der Waals surface area contributed by atoms with Gasteiger partial charge in [0, 0.05) is 24.8 Å². The van der Waals surface area contributed by atoms with Crippen molar-refractivity contribution in [3.8, 4) is 17.2 Å². The van der Waals surface area contributed by atoms with E-state index in [4.69, 9.17) is 9.47 Å². The zero-order chi connectivity index (χ0) is 21.2. The van der Waals surface area contributed by atoms with E-state index in [9.17, 15) is 0 Å². The number of nitrogens with one attached hydrogen (secondary N) is 2. The molecule has 1 heterocycles. The monoisotopic (exact) mass is 407 g/mol. The van der Waals surface area contributed by atoms with Gasteiger partial charge in [-0.05, 0) is 43.2 Å². The molecule has 0 atom stereocenters. The maximum absolute atomic E-state index is 5.37. The number of hydrogen-bond donors (Lipinski definition) is 2. The van der Waals surface area contributed by atoms with Gasteiger partial charge in [0.05, 0.1) is 32.6 Å². The topological polar surface area (TPSA) is 72.7 Å². The second kappa shape index (κ2) is 10.9. The molecule has 0 saturated carbocycles. The summed E-state index contributed by atoms with van der Waals surface area (Å²) >= 11 is 0. The number of methoxy groups -OCH3 is 2. The fourth-order valence-corrected chi connectivity index (χ4v) is 3.04. The minimum absolute atomic E-state index is 0.554. The molecule has 7 nitrogen and oxygen atoms in total. The summed E-state index contributed by atoms with van der Waals surface area (Å²) in [6, 6.07) is 16.0. The van der Waals surface area contributed by atoms with Crippen molar-refractivity contribution in [1.82, 2.24) is 20.4 Å². The molecule has 0 fully saturated rings. The van der Waals surface area contributed by atoms with Crippen molar-refractivity contribution in [2.45, 2.75) is 19.9 Å². The lowest BCUT2D eigenvalue weighted by atomic mass is 10.1. The first-order chi connectivity index (χ1) is 14.7. The van der Waals surface area contributed by atoms with E-state index in [0.717, 1.165) is 48.2 Å².